The summed E-state index contributed by atoms with van der Waals surface area (Å²) in [4.78, 5) is 13.5. The van der Waals surface area contributed by atoms with E-state index in [1.54, 1.807) is 24.3 Å². The lowest BCUT2D eigenvalue weighted by Gasteiger charge is -2.18. The number of ether oxygens (including phenoxy) is 1. The summed E-state index contributed by atoms with van der Waals surface area (Å²) in [5.41, 5.74) is 1.85. The van der Waals surface area contributed by atoms with Crippen LogP contribution in [-0.2, 0) is 6.54 Å². The summed E-state index contributed by atoms with van der Waals surface area (Å²) in [6, 6.07) is 12.0. The number of carboxylic acid groups (broad SMARTS) is 1. The summed E-state index contributed by atoms with van der Waals surface area (Å²) >= 11 is 0. The smallest absolute Gasteiger partial charge is 0.335 e. The van der Waals surface area contributed by atoms with Crippen LogP contribution in [0.2, 0.25) is 0 Å². The van der Waals surface area contributed by atoms with Crippen molar-refractivity contribution in [1.29, 1.82) is 0 Å². The van der Waals surface area contributed by atoms with Gasteiger partial charge in [0.2, 0.25) is 0 Å². The Hall–Kier alpha value is -2.40. The van der Waals surface area contributed by atoms with Crippen molar-refractivity contribution in [3.05, 3.63) is 65.0 Å². The molecule has 0 aromatic heterocycles. The molecular weight excluding hydrogens is 309 g/mol. The van der Waals surface area contributed by atoms with Crippen molar-refractivity contribution in [2.75, 3.05) is 20.2 Å². The maximum atomic E-state index is 14.1. The van der Waals surface area contributed by atoms with Crippen LogP contribution in [0.25, 0.3) is 0 Å². The van der Waals surface area contributed by atoms with E-state index < -0.39 is 5.97 Å². The third-order valence-corrected chi connectivity index (χ3v) is 4.56. The molecule has 0 radical (unpaired) electrons. The maximum absolute atomic E-state index is 14.1. The first-order chi connectivity index (χ1) is 11.6. The molecule has 0 unspecified atom stereocenters. The highest BCUT2D eigenvalue weighted by Gasteiger charge is 2.27. The normalized spacial score (nSPS) is 17.8. The van der Waals surface area contributed by atoms with Crippen LogP contribution in [0.3, 0.4) is 0 Å². The number of likely N-dealkylation sites (tertiary alicyclic amines) is 1. The van der Waals surface area contributed by atoms with Gasteiger partial charge in [-0.2, -0.15) is 0 Å². The highest BCUT2D eigenvalue weighted by Crippen LogP contribution is 2.31. The number of aromatic carboxylic acids is 1. The van der Waals surface area contributed by atoms with E-state index in [1.807, 2.05) is 12.1 Å². The number of hydrogen-bond acceptors (Lipinski definition) is 3. The van der Waals surface area contributed by atoms with E-state index >= 15 is 0 Å². The van der Waals surface area contributed by atoms with Gasteiger partial charge in [-0.15, -0.1) is 0 Å². The minimum Gasteiger partial charge on any atom is -0.497 e. The molecule has 0 amide bonds. The predicted octanol–water partition coefficient (Wildman–Crippen LogP) is 3.52. The van der Waals surface area contributed by atoms with Gasteiger partial charge >= 0.3 is 5.97 Å². The van der Waals surface area contributed by atoms with Crippen LogP contribution in [0.1, 0.15) is 33.8 Å². The molecule has 1 fully saturated rings. The largest absolute Gasteiger partial charge is 0.497 e. The molecule has 1 heterocycles. The van der Waals surface area contributed by atoms with Gasteiger partial charge < -0.3 is 9.84 Å². The van der Waals surface area contributed by atoms with Crippen LogP contribution in [0.5, 0.6) is 5.75 Å². The number of halogens is 1. The average Bonchev–Trinajstić information content (AvgIpc) is 3.05. The summed E-state index contributed by atoms with van der Waals surface area (Å²) in [7, 11) is 1.51. The fraction of sp³-hybridized carbons (Fsp3) is 0.316. The van der Waals surface area contributed by atoms with Gasteiger partial charge in [-0.05, 0) is 36.6 Å². The van der Waals surface area contributed by atoms with Crippen LogP contribution in [-0.4, -0.2) is 36.2 Å². The van der Waals surface area contributed by atoms with E-state index in [4.69, 9.17) is 4.74 Å². The van der Waals surface area contributed by atoms with Crippen molar-refractivity contribution in [3.8, 4) is 5.75 Å². The minimum absolute atomic E-state index is 0.165. The molecule has 3 rings (SSSR count). The Kier molecular flexibility index (Phi) is 4.81. The van der Waals surface area contributed by atoms with Crippen LogP contribution in [0, 0.1) is 5.82 Å². The van der Waals surface area contributed by atoms with Crippen LogP contribution >= 0.6 is 0 Å². The van der Waals surface area contributed by atoms with Crippen molar-refractivity contribution >= 4 is 5.97 Å². The highest BCUT2D eigenvalue weighted by atomic mass is 19.1. The number of methoxy groups -OCH3 is 1. The molecule has 1 saturated heterocycles. The zero-order chi connectivity index (χ0) is 17.1. The second kappa shape index (κ2) is 7.01. The number of carboxylic acids is 1. The number of benzene rings is 2. The topological polar surface area (TPSA) is 49.8 Å². The Balaban J connectivity index is 1.71. The van der Waals surface area contributed by atoms with Crippen molar-refractivity contribution in [2.24, 2.45) is 0 Å². The van der Waals surface area contributed by atoms with Gasteiger partial charge in [-0.25, -0.2) is 9.18 Å². The SMILES string of the molecule is COc1ccc(CN2CC[C@@H](c3ccccc3C(=O)O)C2)c(F)c1. The van der Waals surface area contributed by atoms with Gasteiger partial charge in [-0.1, -0.05) is 24.3 Å². The summed E-state index contributed by atoms with van der Waals surface area (Å²) < 4.78 is 19.1. The van der Waals surface area contributed by atoms with Crippen LogP contribution < -0.4 is 4.74 Å². The Morgan fingerprint density at radius 1 is 1.33 bits per heavy atom. The monoisotopic (exact) mass is 329 g/mol. The zero-order valence-electron chi connectivity index (χ0n) is 13.5. The fourth-order valence-corrected chi connectivity index (χ4v) is 3.30. The Labute approximate surface area is 140 Å². The molecule has 2 aromatic rings. The third-order valence-electron chi connectivity index (χ3n) is 4.56. The van der Waals surface area contributed by atoms with E-state index in [-0.39, 0.29) is 11.7 Å². The number of rotatable bonds is 5. The molecule has 4 nitrogen and oxygen atoms in total. The number of carbonyl (C=O) groups is 1. The first-order valence-electron chi connectivity index (χ1n) is 7.95. The molecule has 0 aliphatic carbocycles. The van der Waals surface area contributed by atoms with Gasteiger partial charge in [0.1, 0.15) is 11.6 Å². The summed E-state index contributed by atoms with van der Waals surface area (Å²) in [6.45, 7) is 2.07. The Morgan fingerprint density at radius 3 is 2.83 bits per heavy atom. The Morgan fingerprint density at radius 2 is 2.12 bits per heavy atom. The van der Waals surface area contributed by atoms with Crippen molar-refractivity contribution in [1.82, 2.24) is 4.90 Å². The summed E-state index contributed by atoms with van der Waals surface area (Å²) in [5, 5.41) is 9.34. The number of nitrogens with zero attached hydrogens (tertiary/aromatic N) is 1. The van der Waals surface area contributed by atoms with E-state index in [2.05, 4.69) is 4.90 Å². The summed E-state index contributed by atoms with van der Waals surface area (Å²) in [5.74, 6) is -0.501. The quantitative estimate of drug-likeness (QED) is 0.912. The molecule has 5 heteroatoms. The molecule has 2 aromatic carbocycles. The lowest BCUT2D eigenvalue weighted by Crippen LogP contribution is -2.21. The standard InChI is InChI=1S/C19H20FNO3/c1-24-15-7-6-14(18(20)10-15)12-21-9-8-13(11-21)16-4-2-3-5-17(16)19(22)23/h2-7,10,13H,8-9,11-12H2,1H3,(H,22,23)/t13-/m1/s1. The van der Waals surface area contributed by atoms with E-state index in [9.17, 15) is 14.3 Å². The molecule has 1 N–H and O–H groups in total. The van der Waals surface area contributed by atoms with Gasteiger partial charge in [0, 0.05) is 24.7 Å². The third kappa shape index (κ3) is 3.41. The fourth-order valence-electron chi connectivity index (χ4n) is 3.30. The lowest BCUT2D eigenvalue weighted by molar-refractivity contribution is 0.0695. The van der Waals surface area contributed by atoms with E-state index in [0.29, 0.717) is 23.4 Å². The van der Waals surface area contributed by atoms with Crippen molar-refractivity contribution < 1.29 is 19.0 Å². The van der Waals surface area contributed by atoms with E-state index in [0.717, 1.165) is 25.1 Å². The predicted molar refractivity (Wildman–Crippen MR) is 89.0 cm³/mol. The highest BCUT2D eigenvalue weighted by molar-refractivity contribution is 5.89. The molecule has 0 saturated carbocycles. The van der Waals surface area contributed by atoms with Gasteiger partial charge in [-0.3, -0.25) is 4.90 Å². The second-order valence-electron chi connectivity index (χ2n) is 6.07. The molecule has 1 aliphatic heterocycles. The molecule has 1 atom stereocenters. The van der Waals surface area contributed by atoms with Crippen molar-refractivity contribution in [3.63, 3.8) is 0 Å². The van der Waals surface area contributed by atoms with Gasteiger partial charge in [0.15, 0.2) is 0 Å². The Bertz CT molecular complexity index is 747. The average molecular weight is 329 g/mol. The molecule has 24 heavy (non-hydrogen) atoms. The van der Waals surface area contributed by atoms with Crippen molar-refractivity contribution in [2.45, 2.75) is 18.9 Å². The first-order valence-corrected chi connectivity index (χ1v) is 7.95. The second-order valence-corrected chi connectivity index (χ2v) is 6.07. The zero-order valence-corrected chi connectivity index (χ0v) is 13.5. The maximum Gasteiger partial charge on any atom is 0.335 e. The van der Waals surface area contributed by atoms with Crippen LogP contribution in [0.4, 0.5) is 4.39 Å². The van der Waals surface area contributed by atoms with Crippen LogP contribution in [0.15, 0.2) is 42.5 Å². The summed E-state index contributed by atoms with van der Waals surface area (Å²) in [6.07, 6.45) is 0.877. The van der Waals surface area contributed by atoms with Gasteiger partial charge in [0.25, 0.3) is 0 Å². The first kappa shape index (κ1) is 16.5. The molecular formula is C19H20FNO3. The molecule has 1 aliphatic rings. The lowest BCUT2D eigenvalue weighted by atomic mass is 9.93. The molecule has 0 spiro atoms. The van der Waals surface area contributed by atoms with Gasteiger partial charge in [0.05, 0.1) is 12.7 Å². The van der Waals surface area contributed by atoms with E-state index in [1.165, 1.54) is 13.2 Å². The molecule has 0 bridgehead atoms. The minimum atomic E-state index is -0.898. The molecule has 126 valence electrons. The number of hydrogen-bond donors (Lipinski definition) is 1.